The van der Waals surface area contributed by atoms with Crippen molar-refractivity contribution in [3.05, 3.63) is 34.9 Å². The molecule has 0 fully saturated rings. The summed E-state index contributed by atoms with van der Waals surface area (Å²) in [5.74, 6) is -0.265. The topological polar surface area (TPSA) is 46.3 Å². The van der Waals surface area contributed by atoms with E-state index in [2.05, 4.69) is 37.2 Å². The Hall–Kier alpha value is -1.35. The second-order valence-corrected chi connectivity index (χ2v) is 5.12. The van der Waals surface area contributed by atoms with Gasteiger partial charge in [0.2, 0.25) is 5.91 Å². The van der Waals surface area contributed by atoms with Gasteiger partial charge < -0.3 is 10.6 Å². The maximum absolute atomic E-state index is 11.4. The van der Waals surface area contributed by atoms with Crippen LogP contribution >= 0.6 is 0 Å². The molecule has 3 heteroatoms. The largest absolute Gasteiger partial charge is 0.369 e. The Bertz CT molecular complexity index is 426. The molecule has 1 aromatic carbocycles. The number of nitrogens with two attached hydrogens (primary N) is 1. The van der Waals surface area contributed by atoms with E-state index < -0.39 is 0 Å². The molecule has 1 aromatic rings. The number of aryl methyl sites for hydroxylation is 1. The Morgan fingerprint density at radius 3 is 2.88 bits per heavy atom. The van der Waals surface area contributed by atoms with Gasteiger partial charge in [-0.3, -0.25) is 4.79 Å². The third-order valence-electron chi connectivity index (χ3n) is 3.36. The molecule has 0 heterocycles. The summed E-state index contributed by atoms with van der Waals surface area (Å²) in [5.41, 5.74) is 9.21. The smallest absolute Gasteiger partial charge is 0.224 e. The van der Waals surface area contributed by atoms with E-state index in [-0.39, 0.29) is 11.8 Å². The van der Waals surface area contributed by atoms with Crippen molar-refractivity contribution < 1.29 is 4.79 Å². The van der Waals surface area contributed by atoms with Gasteiger partial charge >= 0.3 is 0 Å². The van der Waals surface area contributed by atoms with Gasteiger partial charge in [0.25, 0.3) is 0 Å². The van der Waals surface area contributed by atoms with Gasteiger partial charge in [-0.1, -0.05) is 18.2 Å². The molecule has 1 amide bonds. The van der Waals surface area contributed by atoms with Crippen LogP contribution in [0.4, 0.5) is 0 Å². The van der Waals surface area contributed by atoms with Gasteiger partial charge in [-0.2, -0.15) is 0 Å². The zero-order chi connectivity index (χ0) is 12.4. The molecule has 1 unspecified atom stereocenters. The third kappa shape index (κ3) is 2.67. The first-order chi connectivity index (χ1) is 8.08. The van der Waals surface area contributed by atoms with E-state index in [4.69, 9.17) is 5.73 Å². The van der Waals surface area contributed by atoms with Crippen molar-refractivity contribution in [2.45, 2.75) is 31.7 Å². The second kappa shape index (κ2) is 4.88. The molecule has 0 radical (unpaired) electrons. The normalized spacial score (nSPS) is 19.1. The minimum atomic E-state index is -0.189. The Balaban J connectivity index is 2.29. The number of primary amides is 1. The lowest BCUT2D eigenvalue weighted by Crippen LogP contribution is -2.25. The van der Waals surface area contributed by atoms with Crippen LogP contribution in [0, 0.1) is 0 Å². The highest BCUT2D eigenvalue weighted by Crippen LogP contribution is 2.32. The quantitative estimate of drug-likeness (QED) is 0.861. The highest BCUT2D eigenvalue weighted by Gasteiger charge is 2.24. The highest BCUT2D eigenvalue weighted by molar-refractivity contribution is 5.82. The van der Waals surface area contributed by atoms with Gasteiger partial charge in [-0.05, 0) is 50.0 Å². The van der Waals surface area contributed by atoms with E-state index in [1.54, 1.807) is 0 Å². The SMILES string of the molecule is CN(C)Cc1ccc2c(c1)CCCC2C(N)=O. The van der Waals surface area contributed by atoms with E-state index in [0.717, 1.165) is 31.4 Å². The molecule has 3 nitrogen and oxygen atoms in total. The summed E-state index contributed by atoms with van der Waals surface area (Å²) >= 11 is 0. The van der Waals surface area contributed by atoms with Crippen LogP contribution in [0.3, 0.4) is 0 Å². The molecule has 2 rings (SSSR count). The molecule has 0 aromatic heterocycles. The van der Waals surface area contributed by atoms with Crippen molar-refractivity contribution in [1.29, 1.82) is 0 Å². The van der Waals surface area contributed by atoms with Gasteiger partial charge in [0.15, 0.2) is 0 Å². The molecule has 0 bridgehead atoms. The molecule has 0 spiro atoms. The van der Waals surface area contributed by atoms with Crippen LogP contribution in [0.25, 0.3) is 0 Å². The van der Waals surface area contributed by atoms with Crippen LogP contribution in [-0.2, 0) is 17.8 Å². The number of carbonyl (C=O) groups is 1. The summed E-state index contributed by atoms with van der Waals surface area (Å²) < 4.78 is 0. The van der Waals surface area contributed by atoms with Crippen LogP contribution in [0.15, 0.2) is 18.2 Å². The minimum absolute atomic E-state index is 0.0767. The van der Waals surface area contributed by atoms with Gasteiger partial charge in [-0.25, -0.2) is 0 Å². The molecule has 0 saturated carbocycles. The van der Waals surface area contributed by atoms with E-state index in [1.165, 1.54) is 11.1 Å². The lowest BCUT2D eigenvalue weighted by molar-refractivity contribution is -0.119. The number of amides is 1. The van der Waals surface area contributed by atoms with Crippen molar-refractivity contribution in [3.63, 3.8) is 0 Å². The zero-order valence-electron chi connectivity index (χ0n) is 10.6. The number of fused-ring (bicyclic) bond motifs is 1. The molecule has 0 saturated heterocycles. The summed E-state index contributed by atoms with van der Waals surface area (Å²) in [6.07, 6.45) is 3.03. The lowest BCUT2D eigenvalue weighted by atomic mass is 9.81. The first-order valence-corrected chi connectivity index (χ1v) is 6.13. The first kappa shape index (κ1) is 12.1. The molecule has 2 N–H and O–H groups in total. The zero-order valence-corrected chi connectivity index (χ0v) is 10.6. The predicted octanol–water partition coefficient (Wildman–Crippen LogP) is 1.65. The molecule has 0 aliphatic heterocycles. The first-order valence-electron chi connectivity index (χ1n) is 6.13. The number of carbonyl (C=O) groups excluding carboxylic acids is 1. The Morgan fingerprint density at radius 2 is 2.24 bits per heavy atom. The van der Waals surface area contributed by atoms with Crippen molar-refractivity contribution in [1.82, 2.24) is 4.90 Å². The fourth-order valence-electron chi connectivity index (χ4n) is 2.63. The van der Waals surface area contributed by atoms with Crippen molar-refractivity contribution in [2.24, 2.45) is 5.73 Å². The maximum Gasteiger partial charge on any atom is 0.224 e. The fraction of sp³-hybridized carbons (Fsp3) is 0.500. The van der Waals surface area contributed by atoms with Crippen LogP contribution < -0.4 is 5.73 Å². The summed E-state index contributed by atoms with van der Waals surface area (Å²) in [6, 6.07) is 6.42. The van der Waals surface area contributed by atoms with E-state index in [0.29, 0.717) is 0 Å². The average molecular weight is 232 g/mol. The van der Waals surface area contributed by atoms with Crippen molar-refractivity contribution in [2.75, 3.05) is 14.1 Å². The van der Waals surface area contributed by atoms with Crippen LogP contribution in [0.5, 0.6) is 0 Å². The Kier molecular flexibility index (Phi) is 3.48. The number of benzene rings is 1. The van der Waals surface area contributed by atoms with Crippen molar-refractivity contribution >= 4 is 5.91 Å². The van der Waals surface area contributed by atoms with Crippen LogP contribution in [0.2, 0.25) is 0 Å². The summed E-state index contributed by atoms with van der Waals surface area (Å²) in [4.78, 5) is 13.5. The molecule has 1 aliphatic carbocycles. The lowest BCUT2D eigenvalue weighted by Gasteiger charge is -2.24. The fourth-order valence-corrected chi connectivity index (χ4v) is 2.63. The number of rotatable bonds is 3. The van der Waals surface area contributed by atoms with Crippen LogP contribution in [-0.4, -0.2) is 24.9 Å². The third-order valence-corrected chi connectivity index (χ3v) is 3.36. The number of hydrogen-bond donors (Lipinski definition) is 1. The van der Waals surface area contributed by atoms with Crippen LogP contribution in [0.1, 0.15) is 35.4 Å². The second-order valence-electron chi connectivity index (χ2n) is 5.12. The molecule has 1 aliphatic rings. The standard InChI is InChI=1S/C14H20N2O/c1-16(2)9-10-6-7-12-11(8-10)4-3-5-13(12)14(15)17/h6-8,13H,3-5,9H2,1-2H3,(H2,15,17). The van der Waals surface area contributed by atoms with Gasteiger partial charge in [-0.15, -0.1) is 0 Å². The molecule has 17 heavy (non-hydrogen) atoms. The monoisotopic (exact) mass is 232 g/mol. The Morgan fingerprint density at radius 1 is 1.47 bits per heavy atom. The summed E-state index contributed by atoms with van der Waals surface area (Å²) in [7, 11) is 4.12. The summed E-state index contributed by atoms with van der Waals surface area (Å²) in [5, 5.41) is 0. The van der Waals surface area contributed by atoms with Gasteiger partial charge in [0.1, 0.15) is 0 Å². The van der Waals surface area contributed by atoms with Crippen molar-refractivity contribution in [3.8, 4) is 0 Å². The Labute approximate surface area is 103 Å². The van der Waals surface area contributed by atoms with Gasteiger partial charge in [0.05, 0.1) is 5.92 Å². The molecule has 1 atom stereocenters. The number of nitrogens with zero attached hydrogens (tertiary/aromatic N) is 1. The summed E-state index contributed by atoms with van der Waals surface area (Å²) in [6.45, 7) is 0.939. The molecule has 92 valence electrons. The van der Waals surface area contributed by atoms with Gasteiger partial charge in [0, 0.05) is 6.54 Å². The maximum atomic E-state index is 11.4. The average Bonchev–Trinajstić information content (AvgIpc) is 2.26. The molecular weight excluding hydrogens is 212 g/mol. The van der Waals surface area contributed by atoms with E-state index in [1.807, 2.05) is 0 Å². The van der Waals surface area contributed by atoms with E-state index in [9.17, 15) is 4.79 Å². The minimum Gasteiger partial charge on any atom is -0.369 e. The predicted molar refractivity (Wildman–Crippen MR) is 68.7 cm³/mol. The van der Waals surface area contributed by atoms with E-state index >= 15 is 0 Å². The highest BCUT2D eigenvalue weighted by atomic mass is 16.1. The number of hydrogen-bond acceptors (Lipinski definition) is 2. The molecular formula is C14H20N2O.